The lowest BCUT2D eigenvalue weighted by atomic mass is 10.2. The second-order valence-corrected chi connectivity index (χ2v) is 3.58. The molecule has 1 heteroatoms. The molecule has 1 aromatic heterocycles. The van der Waals surface area contributed by atoms with Gasteiger partial charge in [-0.3, -0.25) is 0 Å². The van der Waals surface area contributed by atoms with E-state index in [1.165, 1.54) is 24.1 Å². The fourth-order valence-corrected chi connectivity index (χ4v) is 1.45. The Bertz CT molecular complexity index is 266. The molecule has 0 aromatic carbocycles. The number of aryl methyl sites for hydroxylation is 3. The van der Waals surface area contributed by atoms with Crippen molar-refractivity contribution in [1.82, 2.24) is 0 Å². The highest BCUT2D eigenvalue weighted by Gasteiger charge is 2.05. The molecule has 0 aliphatic heterocycles. The van der Waals surface area contributed by atoms with E-state index in [0.717, 1.165) is 13.0 Å². The molecule has 0 fully saturated rings. The first-order chi connectivity index (χ1) is 6.27. The third-order valence-electron chi connectivity index (χ3n) is 2.47. The molecule has 0 saturated heterocycles. The van der Waals surface area contributed by atoms with Gasteiger partial charge in [-0.1, -0.05) is 20.3 Å². The molecule has 0 unspecified atom stereocenters. The first kappa shape index (κ1) is 10.2. The topological polar surface area (TPSA) is 3.88 Å². The fraction of sp³-hybridized carbons (Fsp3) is 0.583. The Balaban J connectivity index is 2.78. The van der Waals surface area contributed by atoms with Gasteiger partial charge in [0.05, 0.1) is 0 Å². The van der Waals surface area contributed by atoms with Crippen LogP contribution >= 0.6 is 0 Å². The molecule has 0 aliphatic carbocycles. The van der Waals surface area contributed by atoms with Gasteiger partial charge in [0.1, 0.15) is 6.54 Å². The Morgan fingerprint density at radius 1 is 1.23 bits per heavy atom. The lowest BCUT2D eigenvalue weighted by molar-refractivity contribution is -0.703. The molecule has 0 saturated carbocycles. The summed E-state index contributed by atoms with van der Waals surface area (Å²) in [5.74, 6) is 0. The maximum absolute atomic E-state index is 2.36. The van der Waals surface area contributed by atoms with Gasteiger partial charge in [0.25, 0.3) is 0 Å². The van der Waals surface area contributed by atoms with Crippen molar-refractivity contribution in [3.8, 4) is 0 Å². The van der Waals surface area contributed by atoms with E-state index in [1.807, 2.05) is 0 Å². The van der Waals surface area contributed by atoms with E-state index in [1.54, 1.807) is 0 Å². The second-order valence-electron chi connectivity index (χ2n) is 3.58. The highest BCUT2D eigenvalue weighted by Crippen LogP contribution is 1.99. The summed E-state index contributed by atoms with van der Waals surface area (Å²) >= 11 is 0. The molecule has 1 rings (SSSR count). The molecule has 0 bridgehead atoms. The van der Waals surface area contributed by atoms with Crippen LogP contribution in [0.5, 0.6) is 0 Å². The van der Waals surface area contributed by atoms with Crippen molar-refractivity contribution in [2.24, 2.45) is 0 Å². The van der Waals surface area contributed by atoms with E-state index in [2.05, 4.69) is 43.7 Å². The Morgan fingerprint density at radius 3 is 2.62 bits per heavy atom. The van der Waals surface area contributed by atoms with E-state index in [0.29, 0.717) is 0 Å². The summed E-state index contributed by atoms with van der Waals surface area (Å²) in [6, 6.07) is 4.44. The van der Waals surface area contributed by atoms with Crippen LogP contribution in [-0.2, 0) is 13.0 Å². The van der Waals surface area contributed by atoms with E-state index in [9.17, 15) is 0 Å². The summed E-state index contributed by atoms with van der Waals surface area (Å²) in [7, 11) is 0. The van der Waals surface area contributed by atoms with Crippen LogP contribution in [0.25, 0.3) is 0 Å². The molecular formula is C12H20N+. The summed E-state index contributed by atoms with van der Waals surface area (Å²) < 4.78 is 2.36. The van der Waals surface area contributed by atoms with Crippen LogP contribution < -0.4 is 4.57 Å². The van der Waals surface area contributed by atoms with Crippen molar-refractivity contribution in [1.29, 1.82) is 0 Å². The summed E-state index contributed by atoms with van der Waals surface area (Å²) in [4.78, 5) is 0. The zero-order valence-electron chi connectivity index (χ0n) is 9.01. The largest absolute Gasteiger partial charge is 0.202 e. The van der Waals surface area contributed by atoms with Crippen LogP contribution in [0.4, 0.5) is 0 Å². The molecule has 0 atom stereocenters. The minimum absolute atomic E-state index is 1.13. The van der Waals surface area contributed by atoms with Crippen molar-refractivity contribution in [3.63, 3.8) is 0 Å². The Kier molecular flexibility index (Phi) is 3.94. The van der Waals surface area contributed by atoms with Gasteiger partial charge in [-0.2, -0.15) is 0 Å². The van der Waals surface area contributed by atoms with Gasteiger partial charge in [0.15, 0.2) is 11.9 Å². The van der Waals surface area contributed by atoms with E-state index < -0.39 is 0 Å². The molecule has 1 aromatic rings. The number of hydrogen-bond acceptors (Lipinski definition) is 0. The van der Waals surface area contributed by atoms with Crippen molar-refractivity contribution >= 4 is 0 Å². The summed E-state index contributed by atoms with van der Waals surface area (Å²) in [6.07, 6.45) is 5.96. The van der Waals surface area contributed by atoms with E-state index in [4.69, 9.17) is 0 Å². The third-order valence-corrected chi connectivity index (χ3v) is 2.47. The van der Waals surface area contributed by atoms with Gasteiger partial charge in [0, 0.05) is 25.0 Å². The molecular weight excluding hydrogens is 158 g/mol. The van der Waals surface area contributed by atoms with Gasteiger partial charge in [0.2, 0.25) is 0 Å². The average molecular weight is 178 g/mol. The predicted molar refractivity (Wildman–Crippen MR) is 55.7 cm³/mol. The van der Waals surface area contributed by atoms with E-state index in [-0.39, 0.29) is 0 Å². The number of rotatable bonds is 4. The van der Waals surface area contributed by atoms with Crippen molar-refractivity contribution < 1.29 is 4.57 Å². The standard InChI is InChI=1S/C12H20N/c1-4-6-9-13-10-12(5-2)8-7-11(13)3/h7-8,10H,4-6,9H2,1-3H3/q+1. The molecule has 1 heterocycles. The number of nitrogens with zero attached hydrogens (tertiary/aromatic N) is 1. The monoisotopic (exact) mass is 178 g/mol. The summed E-state index contributed by atoms with van der Waals surface area (Å²) in [5, 5.41) is 0. The lowest BCUT2D eigenvalue weighted by Gasteiger charge is -2.01. The zero-order chi connectivity index (χ0) is 9.68. The molecule has 0 aliphatic rings. The molecule has 0 amide bonds. The van der Waals surface area contributed by atoms with Gasteiger partial charge in [-0.15, -0.1) is 0 Å². The maximum atomic E-state index is 2.36. The predicted octanol–water partition coefficient (Wildman–Crippen LogP) is 2.65. The fourth-order valence-electron chi connectivity index (χ4n) is 1.45. The minimum Gasteiger partial charge on any atom is -0.202 e. The smallest absolute Gasteiger partial charge is 0.178 e. The quantitative estimate of drug-likeness (QED) is 0.624. The van der Waals surface area contributed by atoms with E-state index >= 15 is 0 Å². The normalized spacial score (nSPS) is 10.4. The zero-order valence-corrected chi connectivity index (χ0v) is 9.01. The van der Waals surface area contributed by atoms with Crippen LogP contribution in [0.15, 0.2) is 18.3 Å². The highest BCUT2D eigenvalue weighted by atomic mass is 14.9. The van der Waals surface area contributed by atoms with Crippen LogP contribution in [0.2, 0.25) is 0 Å². The number of hydrogen-bond donors (Lipinski definition) is 0. The molecule has 0 N–H and O–H groups in total. The van der Waals surface area contributed by atoms with Gasteiger partial charge >= 0.3 is 0 Å². The van der Waals surface area contributed by atoms with Gasteiger partial charge in [-0.05, 0) is 12.5 Å². The molecule has 0 spiro atoms. The summed E-state index contributed by atoms with van der Waals surface area (Å²) in [6.45, 7) is 7.78. The Labute approximate surface area is 81.4 Å². The molecule has 1 nitrogen and oxygen atoms in total. The summed E-state index contributed by atoms with van der Waals surface area (Å²) in [5.41, 5.74) is 2.80. The highest BCUT2D eigenvalue weighted by molar-refractivity contribution is 5.08. The third kappa shape index (κ3) is 2.83. The maximum Gasteiger partial charge on any atom is 0.178 e. The van der Waals surface area contributed by atoms with Gasteiger partial charge in [-0.25, -0.2) is 4.57 Å². The van der Waals surface area contributed by atoms with Crippen LogP contribution in [0.3, 0.4) is 0 Å². The number of aromatic nitrogens is 1. The van der Waals surface area contributed by atoms with Crippen molar-refractivity contribution in [3.05, 3.63) is 29.6 Å². The first-order valence-electron chi connectivity index (χ1n) is 5.27. The first-order valence-corrected chi connectivity index (χ1v) is 5.27. The Morgan fingerprint density at radius 2 is 2.00 bits per heavy atom. The number of unbranched alkanes of at least 4 members (excludes halogenated alkanes) is 1. The second kappa shape index (κ2) is 5.00. The van der Waals surface area contributed by atoms with Crippen LogP contribution in [0.1, 0.15) is 37.9 Å². The minimum atomic E-state index is 1.13. The molecule has 13 heavy (non-hydrogen) atoms. The number of pyridine rings is 1. The van der Waals surface area contributed by atoms with Gasteiger partial charge < -0.3 is 0 Å². The van der Waals surface area contributed by atoms with Crippen LogP contribution in [0, 0.1) is 6.92 Å². The molecule has 72 valence electrons. The van der Waals surface area contributed by atoms with Crippen LogP contribution in [-0.4, -0.2) is 0 Å². The average Bonchev–Trinajstić information content (AvgIpc) is 2.17. The molecule has 0 radical (unpaired) electrons. The SMILES string of the molecule is CCCC[n+]1cc(CC)ccc1C. The van der Waals surface area contributed by atoms with Crippen molar-refractivity contribution in [2.75, 3.05) is 0 Å². The van der Waals surface area contributed by atoms with Crippen molar-refractivity contribution in [2.45, 2.75) is 46.6 Å². The Hall–Kier alpha value is -0.850. The lowest BCUT2D eigenvalue weighted by Crippen LogP contribution is -2.37.